The maximum Gasteiger partial charge on any atom is 0.337 e. The molecule has 2 amide bonds. The van der Waals surface area contributed by atoms with E-state index in [1.807, 2.05) is 6.92 Å². The van der Waals surface area contributed by atoms with E-state index >= 15 is 0 Å². The highest BCUT2D eigenvalue weighted by molar-refractivity contribution is 6.38. The lowest BCUT2D eigenvalue weighted by Gasteiger charge is -2.16. The van der Waals surface area contributed by atoms with E-state index in [1.54, 1.807) is 24.4 Å². The van der Waals surface area contributed by atoms with Crippen LogP contribution < -0.4 is 48.6 Å². The number of hydrogen-bond acceptors (Lipinski definition) is 14. The molecule has 0 aliphatic heterocycles. The van der Waals surface area contributed by atoms with Crippen LogP contribution in [-0.2, 0) is 16.0 Å². The average molecular weight is 954 g/mol. The van der Waals surface area contributed by atoms with E-state index in [2.05, 4.69) is 36.3 Å². The summed E-state index contributed by atoms with van der Waals surface area (Å²) in [5.41, 5.74) is 14.2. The summed E-state index contributed by atoms with van der Waals surface area (Å²) in [6.07, 6.45) is 8.41. The Bertz CT molecular complexity index is 2850. The summed E-state index contributed by atoms with van der Waals surface area (Å²) in [5, 5.41) is 8.51. The molecule has 8 N–H and O–H groups in total. The Balaban J connectivity index is 1.45. The van der Waals surface area contributed by atoms with Crippen molar-refractivity contribution < 1.29 is 28.5 Å². The first-order valence-corrected chi connectivity index (χ1v) is 20.5. The zero-order valence-corrected chi connectivity index (χ0v) is 37.1. The van der Waals surface area contributed by atoms with E-state index in [4.69, 9.17) is 67.3 Å². The third-order valence-electron chi connectivity index (χ3n) is 9.36. The summed E-state index contributed by atoms with van der Waals surface area (Å²) in [6, 6.07) is 9.64. The lowest BCUT2D eigenvalue weighted by atomic mass is 10.1. The fourth-order valence-electron chi connectivity index (χ4n) is 6.27. The predicted octanol–water partition coefficient (Wildman–Crippen LogP) is 4.97. The molecule has 1 atom stereocenters. The van der Waals surface area contributed by atoms with Crippen molar-refractivity contribution in [2.75, 3.05) is 49.2 Å². The molecule has 23 heteroatoms. The second-order valence-electron chi connectivity index (χ2n) is 13.7. The van der Waals surface area contributed by atoms with E-state index in [1.165, 1.54) is 61.8 Å². The maximum absolute atomic E-state index is 14.5. The Morgan fingerprint density at radius 3 is 2.11 bits per heavy atom. The standard InChI is InChI=1S/C41H38Cl4N12O7/c1-4-48-14-21-10-24(16-49-15-21)52-38(59)32-36(51-20-57(40(32)61)34-28(44)12-22(13-29(34)45)41(62)64-3)54-55-17-23(30(46)8-9-63-2)11-25(18-55)53-37(58)31-35(47)50-19-56(39(31)60)33-26(42)6-5-7-27(33)43/h5-7,10-13,15-20,30,48H,4,8-9,14,46H2,1-3H3,(H4-,47,52,53,54,58,59,60,61)/p+1/t30-/m0/s1. The number of anilines is 4. The Hall–Kier alpha value is -6.45. The zero-order valence-electron chi connectivity index (χ0n) is 34.1. The number of nitrogens with one attached hydrogen (secondary N) is 4. The number of para-hydroxylation sites is 1. The van der Waals surface area contributed by atoms with Gasteiger partial charge in [-0.2, -0.15) is 0 Å². The molecule has 0 spiro atoms. The highest BCUT2D eigenvalue weighted by Gasteiger charge is 2.27. The zero-order chi connectivity index (χ0) is 46.2. The molecule has 2 aromatic carbocycles. The molecule has 4 aromatic heterocycles. The Morgan fingerprint density at radius 1 is 0.828 bits per heavy atom. The third kappa shape index (κ3) is 10.5. The molecule has 0 aliphatic rings. The van der Waals surface area contributed by atoms with Gasteiger partial charge in [-0.05, 0) is 54.9 Å². The van der Waals surface area contributed by atoms with Crippen LogP contribution in [0.4, 0.5) is 23.0 Å². The van der Waals surface area contributed by atoms with Gasteiger partial charge in [0.1, 0.15) is 29.7 Å². The minimum absolute atomic E-state index is 0.00760. The van der Waals surface area contributed by atoms with Crippen LogP contribution in [0.5, 0.6) is 0 Å². The molecule has 19 nitrogen and oxygen atoms in total. The Kier molecular flexibility index (Phi) is 15.3. The monoisotopic (exact) mass is 951 g/mol. The Morgan fingerprint density at radius 2 is 1.45 bits per heavy atom. The first-order valence-electron chi connectivity index (χ1n) is 19.0. The lowest BCUT2D eigenvalue weighted by Crippen LogP contribution is -2.45. The van der Waals surface area contributed by atoms with E-state index in [0.29, 0.717) is 25.1 Å². The number of rotatable bonds is 16. The van der Waals surface area contributed by atoms with Crippen LogP contribution in [0.15, 0.2) is 89.5 Å². The number of ether oxygens (including phenoxy) is 2. The molecule has 0 fully saturated rings. The van der Waals surface area contributed by atoms with Gasteiger partial charge < -0.3 is 36.9 Å². The number of nitrogens with two attached hydrogens (primary N) is 2. The topological polar surface area (TPSA) is 256 Å². The number of nitrogen functional groups attached to an aromatic ring is 1. The molecule has 4 heterocycles. The minimum Gasteiger partial charge on any atom is -0.465 e. The predicted molar refractivity (Wildman–Crippen MR) is 242 cm³/mol. The van der Waals surface area contributed by atoms with Gasteiger partial charge >= 0.3 is 5.97 Å². The van der Waals surface area contributed by atoms with Crippen LogP contribution in [0.1, 0.15) is 61.6 Å². The van der Waals surface area contributed by atoms with Crippen molar-refractivity contribution in [1.82, 2.24) is 29.4 Å². The van der Waals surface area contributed by atoms with Gasteiger partial charge in [0.25, 0.3) is 22.9 Å². The van der Waals surface area contributed by atoms with Crippen LogP contribution in [0.3, 0.4) is 0 Å². The van der Waals surface area contributed by atoms with Crippen molar-refractivity contribution in [1.29, 1.82) is 0 Å². The summed E-state index contributed by atoms with van der Waals surface area (Å²) in [4.78, 5) is 81.5. The molecule has 64 heavy (non-hydrogen) atoms. The second-order valence-corrected chi connectivity index (χ2v) is 15.3. The summed E-state index contributed by atoms with van der Waals surface area (Å²) in [6.45, 7) is 3.34. The van der Waals surface area contributed by atoms with Crippen molar-refractivity contribution >= 4 is 87.2 Å². The summed E-state index contributed by atoms with van der Waals surface area (Å²) >= 11 is 25.9. The van der Waals surface area contributed by atoms with Gasteiger partial charge in [-0.1, -0.05) is 64.1 Å². The van der Waals surface area contributed by atoms with Gasteiger partial charge in [0.2, 0.25) is 18.2 Å². The van der Waals surface area contributed by atoms with Gasteiger partial charge in [-0.15, -0.1) is 5.43 Å². The van der Waals surface area contributed by atoms with E-state index in [0.717, 1.165) is 27.4 Å². The first kappa shape index (κ1) is 47.0. The molecule has 0 saturated carbocycles. The van der Waals surface area contributed by atoms with Gasteiger partial charge in [-0.25, -0.2) is 14.8 Å². The number of aromatic nitrogens is 6. The minimum atomic E-state index is -0.959. The molecule has 332 valence electrons. The molecule has 0 saturated heterocycles. The number of carbonyl (C=O) groups is 3. The molecule has 0 aliphatic carbocycles. The largest absolute Gasteiger partial charge is 0.465 e. The molecule has 0 bridgehead atoms. The highest BCUT2D eigenvalue weighted by Crippen LogP contribution is 2.31. The summed E-state index contributed by atoms with van der Waals surface area (Å²) in [7, 11) is 2.69. The molecular formula is C41H39Cl4N12O7+. The number of esters is 1. The highest BCUT2D eigenvalue weighted by atomic mass is 35.5. The number of amides is 2. The second kappa shape index (κ2) is 20.8. The van der Waals surface area contributed by atoms with Crippen molar-refractivity contribution in [3.63, 3.8) is 0 Å². The number of halogens is 4. The number of methoxy groups -OCH3 is 2. The van der Waals surface area contributed by atoms with Crippen LogP contribution >= 0.6 is 46.4 Å². The van der Waals surface area contributed by atoms with Crippen LogP contribution in [0.2, 0.25) is 20.1 Å². The lowest BCUT2D eigenvalue weighted by molar-refractivity contribution is -0.643. The van der Waals surface area contributed by atoms with Crippen LogP contribution in [0, 0.1) is 0 Å². The summed E-state index contributed by atoms with van der Waals surface area (Å²) in [5.74, 6) is -3.28. The quantitative estimate of drug-likeness (QED) is 0.0554. The first-order chi connectivity index (χ1) is 30.6. The molecule has 6 rings (SSSR count). The van der Waals surface area contributed by atoms with Crippen molar-refractivity contribution in [3.05, 3.63) is 149 Å². The van der Waals surface area contributed by atoms with Gasteiger partial charge in [0.05, 0.1) is 56.0 Å². The summed E-state index contributed by atoms with van der Waals surface area (Å²) < 4.78 is 13.2. The third-order valence-corrected chi connectivity index (χ3v) is 10.5. The number of nitrogens with zero attached hydrogens (tertiary/aromatic N) is 6. The van der Waals surface area contributed by atoms with Crippen molar-refractivity contribution in [2.45, 2.75) is 25.9 Å². The smallest absolute Gasteiger partial charge is 0.337 e. The maximum atomic E-state index is 14.5. The fraction of sp³-hybridized carbons (Fsp3) is 0.195. The fourth-order valence-corrected chi connectivity index (χ4v) is 7.52. The van der Waals surface area contributed by atoms with E-state index < -0.39 is 46.1 Å². The van der Waals surface area contributed by atoms with Crippen molar-refractivity contribution in [2.24, 2.45) is 5.73 Å². The average Bonchev–Trinajstić information content (AvgIpc) is 3.25. The van der Waals surface area contributed by atoms with Crippen LogP contribution in [-0.4, -0.2) is 69.2 Å². The SMILES string of the molecule is CCNCc1cncc(NC(=O)c2c(N[n+]3cc(NC(=O)c4c(N)ncn(-c5c(Cl)cccc5Cl)c4=O)cc([C@@H](N)CCOC)c3)ncn(-c3c(Cl)cc(C(=O)OC)cc3Cl)c2=O)c1. The molecular weight excluding hydrogens is 914 g/mol. The van der Waals surface area contributed by atoms with Gasteiger partial charge in [0.15, 0.2) is 5.56 Å². The molecule has 0 unspecified atom stereocenters. The molecule has 6 aromatic rings. The number of pyridine rings is 2. The van der Waals surface area contributed by atoms with Crippen LogP contribution in [0.25, 0.3) is 11.4 Å². The van der Waals surface area contributed by atoms with E-state index in [9.17, 15) is 24.0 Å². The van der Waals surface area contributed by atoms with Crippen molar-refractivity contribution in [3.8, 4) is 11.4 Å². The number of benzene rings is 2. The van der Waals surface area contributed by atoms with E-state index in [-0.39, 0.29) is 66.6 Å². The van der Waals surface area contributed by atoms with Gasteiger partial charge in [0, 0.05) is 38.1 Å². The van der Waals surface area contributed by atoms with Gasteiger partial charge in [-0.3, -0.25) is 33.3 Å². The number of hydrogen-bond donors (Lipinski definition) is 6. The Labute approximate surface area is 384 Å². The number of carbonyl (C=O) groups excluding carboxylic acids is 3. The normalized spacial score (nSPS) is 11.5. The molecule has 0 radical (unpaired) electrons.